The predicted octanol–water partition coefficient (Wildman–Crippen LogP) is 3.15. The van der Waals surface area contributed by atoms with Crippen LogP contribution in [0.4, 0.5) is 4.39 Å². The van der Waals surface area contributed by atoms with Gasteiger partial charge in [-0.05, 0) is 30.3 Å². The maximum absolute atomic E-state index is 14.0. The molecule has 162 valence electrons. The Hall–Kier alpha value is -1.71. The molecule has 0 aliphatic carbocycles. The first-order valence-electron chi connectivity index (χ1n) is 9.44. The zero-order valence-corrected chi connectivity index (χ0v) is 18.5. The van der Waals surface area contributed by atoms with E-state index >= 15 is 0 Å². The Morgan fingerprint density at radius 3 is 2.43 bits per heavy atom. The van der Waals surface area contributed by atoms with Gasteiger partial charge in [-0.3, -0.25) is 9.69 Å². The van der Waals surface area contributed by atoms with Crippen molar-refractivity contribution in [2.45, 2.75) is 17.9 Å². The van der Waals surface area contributed by atoms with Crippen LogP contribution in [0, 0.1) is 5.82 Å². The molecule has 1 amide bonds. The van der Waals surface area contributed by atoms with Gasteiger partial charge in [0.25, 0.3) is 0 Å². The number of halogens is 3. The molecule has 2 aromatic carbocycles. The van der Waals surface area contributed by atoms with Crippen LogP contribution >= 0.6 is 23.2 Å². The van der Waals surface area contributed by atoms with E-state index in [1.54, 1.807) is 29.2 Å². The van der Waals surface area contributed by atoms with Crippen LogP contribution in [0.25, 0.3) is 0 Å². The second-order valence-corrected chi connectivity index (χ2v) is 9.57. The molecule has 1 N–H and O–H groups in total. The van der Waals surface area contributed by atoms with E-state index in [1.807, 2.05) is 4.90 Å². The molecular formula is C20H22Cl2FN3O3S. The normalized spacial score (nSPS) is 15.4. The van der Waals surface area contributed by atoms with E-state index in [2.05, 4.69) is 4.72 Å². The van der Waals surface area contributed by atoms with E-state index in [4.69, 9.17) is 23.2 Å². The molecule has 1 saturated heterocycles. The topological polar surface area (TPSA) is 69.7 Å². The molecule has 0 radical (unpaired) electrons. The monoisotopic (exact) mass is 473 g/mol. The Morgan fingerprint density at radius 1 is 1.07 bits per heavy atom. The van der Waals surface area contributed by atoms with E-state index in [0.29, 0.717) is 48.3 Å². The van der Waals surface area contributed by atoms with Crippen molar-refractivity contribution in [3.05, 3.63) is 63.9 Å². The van der Waals surface area contributed by atoms with Gasteiger partial charge in [0.1, 0.15) is 5.82 Å². The maximum Gasteiger partial charge on any atom is 0.240 e. The summed E-state index contributed by atoms with van der Waals surface area (Å²) in [5.41, 5.74) is 0.453. The fourth-order valence-electron chi connectivity index (χ4n) is 3.23. The lowest BCUT2D eigenvalue weighted by molar-refractivity contribution is -0.132. The molecule has 3 rings (SSSR count). The molecule has 0 aromatic heterocycles. The Bertz CT molecular complexity index is 992. The average Bonchev–Trinajstić information content (AvgIpc) is 2.71. The van der Waals surface area contributed by atoms with E-state index in [0.717, 1.165) is 0 Å². The molecule has 1 aliphatic heterocycles. The number of nitrogens with one attached hydrogen (secondary N) is 1. The van der Waals surface area contributed by atoms with Crippen molar-refractivity contribution in [1.82, 2.24) is 14.5 Å². The van der Waals surface area contributed by atoms with Crippen molar-refractivity contribution in [1.29, 1.82) is 0 Å². The van der Waals surface area contributed by atoms with Crippen LogP contribution in [0.15, 0.2) is 47.4 Å². The van der Waals surface area contributed by atoms with Gasteiger partial charge in [-0.1, -0.05) is 35.3 Å². The number of nitrogens with zero attached hydrogens (tertiary/aromatic N) is 2. The molecule has 10 heteroatoms. The van der Waals surface area contributed by atoms with Gasteiger partial charge in [-0.2, -0.15) is 0 Å². The fraction of sp³-hybridized carbons (Fsp3) is 0.350. The number of rotatable bonds is 7. The standard InChI is InChI=1S/C20H22Cl2FN3O3S/c21-15-3-1-4-16(13-15)30(28,29)24-8-7-20(27)26-11-9-25(10-12-26)14-17-18(22)5-2-6-19(17)23/h1-6,13,24H,7-12,14H2. The molecule has 2 aromatic rings. The molecule has 1 aliphatic rings. The Labute approximate surface area is 185 Å². The van der Waals surface area contributed by atoms with Gasteiger partial charge >= 0.3 is 0 Å². The highest BCUT2D eigenvalue weighted by Gasteiger charge is 2.23. The summed E-state index contributed by atoms with van der Waals surface area (Å²) >= 11 is 11.9. The molecule has 30 heavy (non-hydrogen) atoms. The molecule has 0 unspecified atom stereocenters. The molecule has 0 atom stereocenters. The minimum atomic E-state index is -3.72. The number of hydrogen-bond acceptors (Lipinski definition) is 4. The summed E-state index contributed by atoms with van der Waals surface area (Å²) in [5.74, 6) is -0.472. The van der Waals surface area contributed by atoms with Gasteiger partial charge in [0.2, 0.25) is 15.9 Å². The molecule has 0 bridgehead atoms. The van der Waals surface area contributed by atoms with E-state index < -0.39 is 10.0 Å². The summed E-state index contributed by atoms with van der Waals surface area (Å²) in [5, 5.41) is 0.712. The van der Waals surface area contributed by atoms with Crippen LogP contribution in [-0.2, 0) is 21.4 Å². The Balaban J connectivity index is 1.45. The summed E-state index contributed by atoms with van der Waals surface area (Å²) in [6, 6.07) is 10.5. The Morgan fingerprint density at radius 2 is 1.77 bits per heavy atom. The lowest BCUT2D eigenvalue weighted by Crippen LogP contribution is -2.48. The van der Waals surface area contributed by atoms with Crippen LogP contribution in [0.1, 0.15) is 12.0 Å². The molecule has 6 nitrogen and oxygen atoms in total. The molecule has 0 spiro atoms. The number of benzene rings is 2. The number of carbonyl (C=O) groups is 1. The summed E-state index contributed by atoms with van der Waals surface area (Å²) < 4.78 is 40.9. The highest BCUT2D eigenvalue weighted by Crippen LogP contribution is 2.21. The predicted molar refractivity (Wildman–Crippen MR) is 115 cm³/mol. The summed E-state index contributed by atoms with van der Waals surface area (Å²) in [6.45, 7) is 2.54. The largest absolute Gasteiger partial charge is 0.340 e. The van der Waals surface area contributed by atoms with Crippen molar-refractivity contribution < 1.29 is 17.6 Å². The minimum Gasteiger partial charge on any atom is -0.340 e. The zero-order chi connectivity index (χ0) is 21.7. The second kappa shape index (κ2) is 10.1. The lowest BCUT2D eigenvalue weighted by Gasteiger charge is -2.35. The van der Waals surface area contributed by atoms with Crippen molar-refractivity contribution in [3.8, 4) is 0 Å². The van der Waals surface area contributed by atoms with Crippen molar-refractivity contribution in [2.24, 2.45) is 0 Å². The number of hydrogen-bond donors (Lipinski definition) is 1. The third-order valence-corrected chi connectivity index (χ3v) is 6.95. The third-order valence-electron chi connectivity index (χ3n) is 4.91. The SMILES string of the molecule is O=C(CCNS(=O)(=O)c1cccc(Cl)c1)N1CCN(Cc2c(F)cccc2Cl)CC1. The van der Waals surface area contributed by atoms with Gasteiger partial charge in [-0.25, -0.2) is 17.5 Å². The maximum atomic E-state index is 14.0. The molecule has 0 saturated carbocycles. The van der Waals surface area contributed by atoms with Gasteiger partial charge in [0.05, 0.1) is 4.90 Å². The first-order valence-corrected chi connectivity index (χ1v) is 11.7. The van der Waals surface area contributed by atoms with Gasteiger partial charge in [0, 0.05) is 61.3 Å². The van der Waals surface area contributed by atoms with Crippen LogP contribution in [0.3, 0.4) is 0 Å². The number of carbonyl (C=O) groups excluding carboxylic acids is 1. The van der Waals surface area contributed by atoms with Crippen molar-refractivity contribution >= 4 is 39.1 Å². The first-order chi connectivity index (χ1) is 14.3. The summed E-state index contributed by atoms with van der Waals surface area (Å²) in [7, 11) is -3.72. The second-order valence-electron chi connectivity index (χ2n) is 6.96. The van der Waals surface area contributed by atoms with Crippen LogP contribution in [0.5, 0.6) is 0 Å². The number of piperazine rings is 1. The quantitative estimate of drug-likeness (QED) is 0.670. The third kappa shape index (κ3) is 5.92. The summed E-state index contributed by atoms with van der Waals surface area (Å²) in [6.07, 6.45) is 0.0545. The van der Waals surface area contributed by atoms with Crippen molar-refractivity contribution in [2.75, 3.05) is 32.7 Å². The minimum absolute atomic E-state index is 0.00126. The fourth-order valence-corrected chi connectivity index (χ4v) is 4.79. The highest BCUT2D eigenvalue weighted by atomic mass is 35.5. The number of amides is 1. The summed E-state index contributed by atoms with van der Waals surface area (Å²) in [4.78, 5) is 16.2. The average molecular weight is 474 g/mol. The first kappa shape index (κ1) is 23.0. The highest BCUT2D eigenvalue weighted by molar-refractivity contribution is 7.89. The molecule has 1 fully saturated rings. The molecule has 1 heterocycles. The van der Waals surface area contributed by atoms with E-state index in [1.165, 1.54) is 18.2 Å². The zero-order valence-electron chi connectivity index (χ0n) is 16.2. The van der Waals surface area contributed by atoms with Gasteiger partial charge < -0.3 is 4.90 Å². The van der Waals surface area contributed by atoms with Gasteiger partial charge in [0.15, 0.2) is 0 Å². The van der Waals surface area contributed by atoms with Crippen LogP contribution < -0.4 is 4.72 Å². The van der Waals surface area contributed by atoms with Crippen LogP contribution in [-0.4, -0.2) is 56.8 Å². The molecular weight excluding hydrogens is 452 g/mol. The van der Waals surface area contributed by atoms with E-state index in [9.17, 15) is 17.6 Å². The van der Waals surface area contributed by atoms with E-state index in [-0.39, 0.29) is 29.6 Å². The number of sulfonamides is 1. The lowest BCUT2D eigenvalue weighted by atomic mass is 10.1. The Kier molecular flexibility index (Phi) is 7.70. The van der Waals surface area contributed by atoms with Crippen molar-refractivity contribution in [3.63, 3.8) is 0 Å². The van der Waals surface area contributed by atoms with Crippen LogP contribution in [0.2, 0.25) is 10.0 Å². The smallest absolute Gasteiger partial charge is 0.240 e. The van der Waals surface area contributed by atoms with Gasteiger partial charge in [-0.15, -0.1) is 0 Å².